The molecule has 0 saturated heterocycles. The summed E-state index contributed by atoms with van der Waals surface area (Å²) in [7, 11) is 0. The number of alkyl halides is 1. The second kappa shape index (κ2) is 9.51. The van der Waals surface area contributed by atoms with Crippen molar-refractivity contribution >= 4 is 46.0 Å². The third-order valence-electron chi connectivity index (χ3n) is 3.68. The molecule has 0 spiro atoms. The summed E-state index contributed by atoms with van der Waals surface area (Å²) >= 11 is 10.5. The summed E-state index contributed by atoms with van der Waals surface area (Å²) in [5, 5.41) is 0.846. The lowest BCUT2D eigenvalue weighted by molar-refractivity contribution is 0.305. The van der Waals surface area contributed by atoms with Crippen LogP contribution in [0.1, 0.15) is 11.1 Å². The zero-order chi connectivity index (χ0) is 17.5. The summed E-state index contributed by atoms with van der Waals surface area (Å²) < 4.78 is 6.98. The maximum absolute atomic E-state index is 6.38. The molecule has 0 atom stereocenters. The fraction of sp³-hybridized carbons (Fsp3) is 0.143. The zero-order valence-electron chi connectivity index (χ0n) is 13.6. The van der Waals surface area contributed by atoms with Crippen LogP contribution in [-0.2, 0) is 13.0 Å². The summed E-state index contributed by atoms with van der Waals surface area (Å²) in [5.41, 5.74) is 2.37. The van der Waals surface area contributed by atoms with Crippen LogP contribution < -0.4 is 4.74 Å². The Labute approximate surface area is 171 Å². The molecule has 0 heterocycles. The smallest absolute Gasteiger partial charge is 0.120 e. The molecule has 0 fully saturated rings. The van der Waals surface area contributed by atoms with Crippen LogP contribution in [0.15, 0.2) is 82.6 Å². The Hall–Kier alpha value is -1.17. The minimum Gasteiger partial charge on any atom is -0.489 e. The Morgan fingerprint density at radius 3 is 2.44 bits per heavy atom. The van der Waals surface area contributed by atoms with Gasteiger partial charge in [0.2, 0.25) is 0 Å². The highest BCUT2D eigenvalue weighted by atomic mass is 127. The number of benzene rings is 3. The van der Waals surface area contributed by atoms with Crippen molar-refractivity contribution in [1.29, 1.82) is 0 Å². The van der Waals surface area contributed by atoms with E-state index >= 15 is 0 Å². The van der Waals surface area contributed by atoms with Crippen molar-refractivity contribution < 1.29 is 4.74 Å². The van der Waals surface area contributed by atoms with E-state index in [4.69, 9.17) is 16.3 Å². The lowest BCUT2D eigenvalue weighted by atomic mass is 10.2. The van der Waals surface area contributed by atoms with E-state index in [2.05, 4.69) is 59.0 Å². The standard InChI is InChI=1S/C21H18ClIOS/c22-21-14-20(10-9-17(21)11-12-23)25-19-8-4-7-18(13-19)24-15-16-5-2-1-3-6-16/h1-10,13-14H,11-12,15H2. The lowest BCUT2D eigenvalue weighted by Crippen LogP contribution is -1.94. The quantitative estimate of drug-likeness (QED) is 0.265. The highest BCUT2D eigenvalue weighted by Crippen LogP contribution is 2.33. The SMILES string of the molecule is Clc1cc(Sc2cccc(OCc3ccccc3)c2)ccc1CCI. The number of ether oxygens (including phenoxy) is 1. The first-order valence-electron chi connectivity index (χ1n) is 8.03. The molecule has 0 aliphatic carbocycles. The van der Waals surface area contributed by atoms with Gasteiger partial charge in [-0.05, 0) is 47.9 Å². The molecular weight excluding hydrogens is 463 g/mol. The summed E-state index contributed by atoms with van der Waals surface area (Å²) in [6.45, 7) is 0.575. The van der Waals surface area contributed by atoms with Gasteiger partial charge in [0, 0.05) is 19.2 Å². The van der Waals surface area contributed by atoms with Crippen molar-refractivity contribution in [2.24, 2.45) is 0 Å². The predicted octanol–water partition coefficient (Wildman–Crippen LogP) is 7.05. The third kappa shape index (κ3) is 5.66. The first kappa shape index (κ1) is 18.6. The molecule has 4 heteroatoms. The van der Waals surface area contributed by atoms with Crippen LogP contribution in [-0.4, -0.2) is 4.43 Å². The predicted molar refractivity (Wildman–Crippen MR) is 115 cm³/mol. The van der Waals surface area contributed by atoms with Gasteiger partial charge in [0.1, 0.15) is 12.4 Å². The Balaban J connectivity index is 1.66. The second-order valence-corrected chi connectivity index (χ2v) is 8.18. The maximum Gasteiger partial charge on any atom is 0.120 e. The molecular formula is C21H18ClIOS. The summed E-state index contributed by atoms with van der Waals surface area (Å²) in [6.07, 6.45) is 1.01. The van der Waals surface area contributed by atoms with Gasteiger partial charge in [0.15, 0.2) is 0 Å². The monoisotopic (exact) mass is 480 g/mol. The van der Waals surface area contributed by atoms with Crippen LogP contribution in [0.4, 0.5) is 0 Å². The van der Waals surface area contributed by atoms with Gasteiger partial charge in [0.25, 0.3) is 0 Å². The first-order valence-corrected chi connectivity index (χ1v) is 10.8. The van der Waals surface area contributed by atoms with E-state index in [9.17, 15) is 0 Å². The second-order valence-electron chi connectivity index (χ2n) is 5.54. The summed E-state index contributed by atoms with van der Waals surface area (Å²) in [5.74, 6) is 0.876. The van der Waals surface area contributed by atoms with Gasteiger partial charge in [-0.1, -0.05) is 88.4 Å². The van der Waals surface area contributed by atoms with Gasteiger partial charge >= 0.3 is 0 Å². The van der Waals surface area contributed by atoms with E-state index < -0.39 is 0 Å². The average molecular weight is 481 g/mol. The Kier molecular flexibility index (Phi) is 7.08. The van der Waals surface area contributed by atoms with Crippen molar-refractivity contribution in [2.45, 2.75) is 22.8 Å². The van der Waals surface area contributed by atoms with E-state index in [-0.39, 0.29) is 0 Å². The minimum atomic E-state index is 0.575. The molecule has 128 valence electrons. The van der Waals surface area contributed by atoms with Crippen molar-refractivity contribution in [1.82, 2.24) is 0 Å². The van der Waals surface area contributed by atoms with Crippen LogP contribution in [0.25, 0.3) is 0 Å². The van der Waals surface area contributed by atoms with Crippen LogP contribution in [0.2, 0.25) is 5.02 Å². The van der Waals surface area contributed by atoms with E-state index in [0.717, 1.165) is 37.0 Å². The highest BCUT2D eigenvalue weighted by Gasteiger charge is 2.05. The molecule has 25 heavy (non-hydrogen) atoms. The Morgan fingerprint density at radius 2 is 1.68 bits per heavy atom. The largest absolute Gasteiger partial charge is 0.489 e. The molecule has 0 saturated carbocycles. The van der Waals surface area contributed by atoms with E-state index in [0.29, 0.717) is 6.61 Å². The van der Waals surface area contributed by atoms with Crippen LogP contribution in [0.5, 0.6) is 5.75 Å². The molecule has 1 nitrogen and oxygen atoms in total. The topological polar surface area (TPSA) is 9.23 Å². The first-order chi connectivity index (χ1) is 12.2. The van der Waals surface area contributed by atoms with Gasteiger partial charge in [-0.15, -0.1) is 0 Å². The van der Waals surface area contributed by atoms with Crippen molar-refractivity contribution in [3.05, 3.63) is 88.9 Å². The normalized spacial score (nSPS) is 10.6. The molecule has 0 unspecified atom stereocenters. The molecule has 3 aromatic rings. The molecule has 0 aliphatic rings. The van der Waals surface area contributed by atoms with Crippen molar-refractivity contribution in [2.75, 3.05) is 4.43 Å². The number of aryl methyl sites for hydroxylation is 1. The van der Waals surface area contributed by atoms with Crippen LogP contribution >= 0.6 is 46.0 Å². The number of hydrogen-bond acceptors (Lipinski definition) is 2. The molecule has 0 radical (unpaired) electrons. The van der Waals surface area contributed by atoms with Crippen molar-refractivity contribution in [3.63, 3.8) is 0 Å². The number of rotatable bonds is 7. The van der Waals surface area contributed by atoms with Gasteiger partial charge < -0.3 is 4.74 Å². The van der Waals surface area contributed by atoms with Gasteiger partial charge in [-0.2, -0.15) is 0 Å². The van der Waals surface area contributed by atoms with E-state index in [1.165, 1.54) is 5.56 Å². The maximum atomic E-state index is 6.38. The molecule has 3 aromatic carbocycles. The molecule has 0 N–H and O–H groups in total. The fourth-order valence-corrected chi connectivity index (χ4v) is 4.23. The third-order valence-corrected chi connectivity index (χ3v) is 5.55. The zero-order valence-corrected chi connectivity index (χ0v) is 17.4. The highest BCUT2D eigenvalue weighted by molar-refractivity contribution is 14.1. The fourth-order valence-electron chi connectivity index (χ4n) is 2.40. The number of halogens is 2. The summed E-state index contributed by atoms with van der Waals surface area (Å²) in [6, 6.07) is 24.7. The Morgan fingerprint density at radius 1 is 0.880 bits per heavy atom. The number of hydrogen-bond donors (Lipinski definition) is 0. The summed E-state index contributed by atoms with van der Waals surface area (Å²) in [4.78, 5) is 2.28. The van der Waals surface area contributed by atoms with Gasteiger partial charge in [-0.3, -0.25) is 0 Å². The van der Waals surface area contributed by atoms with Gasteiger partial charge in [0.05, 0.1) is 0 Å². The molecule has 0 aromatic heterocycles. The Bertz CT molecular complexity index is 823. The molecule has 0 aliphatic heterocycles. The van der Waals surface area contributed by atoms with E-state index in [1.54, 1.807) is 11.8 Å². The minimum absolute atomic E-state index is 0.575. The lowest BCUT2D eigenvalue weighted by Gasteiger charge is -2.09. The average Bonchev–Trinajstić information content (AvgIpc) is 2.64. The molecule has 0 amide bonds. The molecule has 3 rings (SSSR count). The van der Waals surface area contributed by atoms with Crippen LogP contribution in [0.3, 0.4) is 0 Å². The molecule has 0 bridgehead atoms. The van der Waals surface area contributed by atoms with Crippen LogP contribution in [0, 0.1) is 0 Å². The van der Waals surface area contributed by atoms with Gasteiger partial charge in [-0.25, -0.2) is 0 Å². The van der Waals surface area contributed by atoms with E-state index in [1.807, 2.05) is 36.4 Å². The van der Waals surface area contributed by atoms with Crippen molar-refractivity contribution in [3.8, 4) is 5.75 Å².